The Bertz CT molecular complexity index is 173. The maximum Gasteiger partial charge on any atom is 0.136 e. The summed E-state index contributed by atoms with van der Waals surface area (Å²) in [6.45, 7) is 0. The second-order valence-corrected chi connectivity index (χ2v) is 3.86. The van der Waals surface area contributed by atoms with Gasteiger partial charge in [0.2, 0.25) is 0 Å². The fourth-order valence-electron chi connectivity index (χ4n) is 3.02. The zero-order valence-electron chi connectivity index (χ0n) is 5.34. The van der Waals surface area contributed by atoms with Gasteiger partial charge in [-0.3, -0.25) is 4.79 Å². The SMILES string of the molecule is O=C1CC2CC3[C@@H](C2)[C@H]13. The topological polar surface area (TPSA) is 17.1 Å². The fraction of sp³-hybridized carbons (Fsp3) is 0.875. The summed E-state index contributed by atoms with van der Waals surface area (Å²) in [6.07, 6.45) is 3.71. The molecule has 1 heteroatoms. The molecule has 48 valence electrons. The van der Waals surface area contributed by atoms with Crippen molar-refractivity contribution in [1.82, 2.24) is 0 Å². The van der Waals surface area contributed by atoms with Crippen molar-refractivity contribution in [3.63, 3.8) is 0 Å². The van der Waals surface area contributed by atoms with Crippen LogP contribution in [0.3, 0.4) is 0 Å². The number of carbonyl (C=O) groups is 1. The Morgan fingerprint density at radius 3 is 2.22 bits per heavy atom. The molecule has 0 heterocycles. The van der Waals surface area contributed by atoms with Crippen molar-refractivity contribution in [3.8, 4) is 0 Å². The van der Waals surface area contributed by atoms with Crippen molar-refractivity contribution in [2.45, 2.75) is 19.3 Å². The Kier molecular flexibility index (Phi) is 0.544. The summed E-state index contributed by atoms with van der Waals surface area (Å²) in [4.78, 5) is 11.1. The maximum absolute atomic E-state index is 11.1. The molecule has 0 aromatic rings. The summed E-state index contributed by atoms with van der Waals surface area (Å²) in [5.74, 6) is 3.72. The molecule has 2 unspecified atom stereocenters. The lowest BCUT2D eigenvalue weighted by molar-refractivity contribution is -0.124. The van der Waals surface area contributed by atoms with Crippen molar-refractivity contribution < 1.29 is 4.79 Å². The zero-order valence-corrected chi connectivity index (χ0v) is 5.34. The first-order chi connectivity index (χ1) is 4.36. The van der Waals surface area contributed by atoms with E-state index in [0.717, 1.165) is 24.2 Å². The van der Waals surface area contributed by atoms with Crippen LogP contribution in [0.5, 0.6) is 0 Å². The molecule has 9 heavy (non-hydrogen) atoms. The summed E-state index contributed by atoms with van der Waals surface area (Å²) in [6, 6.07) is 0. The lowest BCUT2D eigenvalue weighted by atomic mass is 9.85. The molecule has 0 N–H and O–H groups in total. The van der Waals surface area contributed by atoms with E-state index in [-0.39, 0.29) is 0 Å². The highest BCUT2D eigenvalue weighted by molar-refractivity contribution is 5.86. The van der Waals surface area contributed by atoms with E-state index in [9.17, 15) is 4.79 Å². The Hall–Kier alpha value is -0.330. The van der Waals surface area contributed by atoms with E-state index in [4.69, 9.17) is 0 Å². The average molecular weight is 122 g/mol. The van der Waals surface area contributed by atoms with E-state index in [1.54, 1.807) is 0 Å². The summed E-state index contributed by atoms with van der Waals surface area (Å²) >= 11 is 0. The van der Waals surface area contributed by atoms with E-state index < -0.39 is 0 Å². The average Bonchev–Trinajstić information content (AvgIpc) is 2.37. The Labute approximate surface area is 54.4 Å². The van der Waals surface area contributed by atoms with Crippen molar-refractivity contribution in [1.29, 1.82) is 0 Å². The van der Waals surface area contributed by atoms with Gasteiger partial charge >= 0.3 is 0 Å². The molecular formula is C8H10O. The van der Waals surface area contributed by atoms with Gasteiger partial charge in [0, 0.05) is 12.3 Å². The third kappa shape index (κ3) is 0.374. The van der Waals surface area contributed by atoms with Gasteiger partial charge in [-0.1, -0.05) is 0 Å². The number of rotatable bonds is 0. The molecule has 0 amide bonds. The fourth-order valence-corrected chi connectivity index (χ4v) is 3.02. The largest absolute Gasteiger partial charge is 0.299 e. The Morgan fingerprint density at radius 2 is 1.89 bits per heavy atom. The smallest absolute Gasteiger partial charge is 0.136 e. The molecule has 4 fully saturated rings. The van der Waals surface area contributed by atoms with Crippen LogP contribution in [-0.4, -0.2) is 5.78 Å². The number of hydrogen-bond acceptors (Lipinski definition) is 1. The molecule has 0 spiro atoms. The van der Waals surface area contributed by atoms with Crippen LogP contribution in [0, 0.1) is 23.7 Å². The quantitative estimate of drug-likeness (QED) is 0.472. The first-order valence-corrected chi connectivity index (χ1v) is 3.89. The van der Waals surface area contributed by atoms with Crippen LogP contribution in [0.2, 0.25) is 0 Å². The minimum absolute atomic E-state index is 0.565. The van der Waals surface area contributed by atoms with E-state index >= 15 is 0 Å². The first-order valence-electron chi connectivity index (χ1n) is 3.89. The van der Waals surface area contributed by atoms with Crippen molar-refractivity contribution in [2.75, 3.05) is 0 Å². The second kappa shape index (κ2) is 1.09. The number of Topliss-reactive ketones (excluding diaryl/α,β-unsaturated/α-hetero) is 1. The molecule has 4 rings (SSSR count). The zero-order chi connectivity index (χ0) is 6.01. The highest BCUT2D eigenvalue weighted by Gasteiger charge is 2.62. The minimum atomic E-state index is 0.565. The Balaban J connectivity index is 2.03. The van der Waals surface area contributed by atoms with Gasteiger partial charge in [-0.05, 0) is 30.6 Å². The molecule has 0 radical (unpaired) electrons. The van der Waals surface area contributed by atoms with Crippen molar-refractivity contribution in [3.05, 3.63) is 0 Å². The van der Waals surface area contributed by atoms with E-state index in [1.165, 1.54) is 12.8 Å². The number of fused-ring (bicyclic) bond motifs is 1. The summed E-state index contributed by atoms with van der Waals surface area (Å²) in [5, 5.41) is 0. The second-order valence-electron chi connectivity index (χ2n) is 3.86. The molecule has 0 saturated heterocycles. The lowest BCUT2D eigenvalue weighted by Gasteiger charge is -2.19. The molecule has 0 aromatic heterocycles. The molecule has 4 aliphatic carbocycles. The molecule has 4 atom stereocenters. The van der Waals surface area contributed by atoms with E-state index in [2.05, 4.69) is 0 Å². The van der Waals surface area contributed by atoms with Gasteiger partial charge in [-0.2, -0.15) is 0 Å². The van der Waals surface area contributed by atoms with E-state index in [0.29, 0.717) is 11.7 Å². The summed E-state index contributed by atoms with van der Waals surface area (Å²) in [7, 11) is 0. The number of hydrogen-bond donors (Lipinski definition) is 0. The van der Waals surface area contributed by atoms with Crippen LogP contribution in [0.15, 0.2) is 0 Å². The van der Waals surface area contributed by atoms with Crippen molar-refractivity contribution in [2.24, 2.45) is 23.7 Å². The van der Waals surface area contributed by atoms with Crippen LogP contribution in [-0.2, 0) is 4.79 Å². The highest BCUT2D eigenvalue weighted by Crippen LogP contribution is 2.64. The number of carbonyl (C=O) groups excluding carboxylic acids is 1. The predicted molar refractivity (Wildman–Crippen MR) is 32.8 cm³/mol. The van der Waals surface area contributed by atoms with Gasteiger partial charge in [-0.15, -0.1) is 0 Å². The van der Waals surface area contributed by atoms with Gasteiger partial charge in [0.25, 0.3) is 0 Å². The Morgan fingerprint density at radius 1 is 1.22 bits per heavy atom. The van der Waals surface area contributed by atoms with Gasteiger partial charge in [0.1, 0.15) is 5.78 Å². The van der Waals surface area contributed by atoms with Gasteiger partial charge in [-0.25, -0.2) is 0 Å². The van der Waals surface area contributed by atoms with Gasteiger partial charge < -0.3 is 0 Å². The summed E-state index contributed by atoms with van der Waals surface area (Å²) < 4.78 is 0. The molecule has 4 bridgehead atoms. The monoisotopic (exact) mass is 122 g/mol. The molecule has 4 saturated carbocycles. The third-order valence-electron chi connectivity index (χ3n) is 3.40. The van der Waals surface area contributed by atoms with Crippen LogP contribution < -0.4 is 0 Å². The van der Waals surface area contributed by atoms with Crippen LogP contribution in [0.4, 0.5) is 0 Å². The summed E-state index contributed by atoms with van der Waals surface area (Å²) in [5.41, 5.74) is 0. The molecule has 0 aromatic carbocycles. The van der Waals surface area contributed by atoms with Gasteiger partial charge in [0.05, 0.1) is 0 Å². The van der Waals surface area contributed by atoms with Crippen LogP contribution >= 0.6 is 0 Å². The molecule has 4 aliphatic rings. The number of ketones is 1. The minimum Gasteiger partial charge on any atom is -0.299 e. The van der Waals surface area contributed by atoms with Crippen molar-refractivity contribution >= 4 is 5.78 Å². The molecular weight excluding hydrogens is 112 g/mol. The van der Waals surface area contributed by atoms with Crippen LogP contribution in [0.25, 0.3) is 0 Å². The van der Waals surface area contributed by atoms with E-state index in [1.807, 2.05) is 0 Å². The maximum atomic E-state index is 11.1. The van der Waals surface area contributed by atoms with Crippen LogP contribution in [0.1, 0.15) is 19.3 Å². The lowest BCUT2D eigenvalue weighted by Crippen LogP contribution is -2.19. The normalized spacial score (nSPS) is 60.2. The van der Waals surface area contributed by atoms with Gasteiger partial charge in [0.15, 0.2) is 0 Å². The third-order valence-corrected chi connectivity index (χ3v) is 3.40. The first kappa shape index (κ1) is 4.48. The molecule has 1 nitrogen and oxygen atoms in total. The highest BCUT2D eigenvalue weighted by atomic mass is 16.1. The standard InChI is InChI=1S/C8H10O/c9-7-3-4-1-5-6(2-4)8(5)7/h4-6,8H,1-3H2/t4?,5-,6?,8+/m1/s1. The molecule has 0 aliphatic heterocycles. The predicted octanol–water partition coefficient (Wildman–Crippen LogP) is 1.23.